The van der Waals surface area contributed by atoms with Crippen molar-refractivity contribution in [3.63, 3.8) is 0 Å². The van der Waals surface area contributed by atoms with E-state index < -0.39 is 16.2 Å². The second-order valence-electron chi connectivity index (χ2n) is 8.22. The quantitative estimate of drug-likeness (QED) is 0.769. The molecule has 0 bridgehead atoms. The maximum absolute atomic E-state index is 13.3. The molecule has 28 heavy (non-hydrogen) atoms. The third-order valence-corrected chi connectivity index (χ3v) is 7.22. The number of urea groups is 1. The van der Waals surface area contributed by atoms with Crippen molar-refractivity contribution in [3.8, 4) is 0 Å². The topological polar surface area (TPSA) is 70.2 Å². The van der Waals surface area contributed by atoms with Crippen LogP contribution in [0.1, 0.15) is 33.3 Å². The van der Waals surface area contributed by atoms with Crippen LogP contribution in [0.2, 0.25) is 0 Å². The molecule has 2 heterocycles. The predicted molar refractivity (Wildman–Crippen MR) is 107 cm³/mol. The molecule has 0 aliphatic carbocycles. The van der Waals surface area contributed by atoms with Crippen molar-refractivity contribution in [1.82, 2.24) is 14.1 Å². The first-order chi connectivity index (χ1) is 13.1. The summed E-state index contributed by atoms with van der Waals surface area (Å²) in [5, 5.41) is 0. The van der Waals surface area contributed by atoms with Crippen LogP contribution >= 0.6 is 0 Å². The molecule has 8 heteroatoms. The number of carbonyl (C=O) groups is 1. The van der Waals surface area contributed by atoms with Crippen molar-refractivity contribution in [1.29, 1.82) is 0 Å². The van der Waals surface area contributed by atoms with Gasteiger partial charge in [0.1, 0.15) is 6.17 Å². The Morgan fingerprint density at radius 3 is 2.18 bits per heavy atom. The van der Waals surface area contributed by atoms with Gasteiger partial charge in [0.25, 0.3) is 0 Å². The Hall–Kier alpha value is -1.64. The highest BCUT2D eigenvalue weighted by Crippen LogP contribution is 2.30. The first-order valence-corrected chi connectivity index (χ1v) is 11.3. The second-order valence-corrected chi connectivity index (χ2v) is 10.1. The van der Waals surface area contributed by atoms with E-state index in [4.69, 9.17) is 4.74 Å². The van der Waals surface area contributed by atoms with E-state index in [0.717, 1.165) is 5.56 Å². The van der Waals surface area contributed by atoms with E-state index in [1.165, 1.54) is 4.31 Å². The Balaban J connectivity index is 1.86. The Kier molecular flexibility index (Phi) is 6.03. The van der Waals surface area contributed by atoms with Crippen LogP contribution < -0.4 is 0 Å². The third-order valence-electron chi connectivity index (χ3n) is 5.34. The molecule has 1 aromatic carbocycles. The maximum Gasteiger partial charge on any atom is 0.321 e. The Morgan fingerprint density at radius 2 is 1.64 bits per heavy atom. The summed E-state index contributed by atoms with van der Waals surface area (Å²) in [4.78, 5) is 17.0. The summed E-state index contributed by atoms with van der Waals surface area (Å²) < 4.78 is 33.7. The third kappa shape index (κ3) is 4.04. The maximum atomic E-state index is 13.3. The van der Waals surface area contributed by atoms with Crippen molar-refractivity contribution in [2.24, 2.45) is 5.92 Å². The molecule has 2 aliphatic rings. The normalized spacial score (nSPS) is 26.9. The number of carbonyl (C=O) groups excluding carboxylic acids is 1. The van der Waals surface area contributed by atoms with Gasteiger partial charge in [-0.1, -0.05) is 31.5 Å². The van der Waals surface area contributed by atoms with E-state index in [-0.39, 0.29) is 29.1 Å². The molecule has 2 aliphatic heterocycles. The number of aryl methyl sites for hydroxylation is 1. The van der Waals surface area contributed by atoms with Crippen molar-refractivity contribution in [2.45, 2.75) is 57.9 Å². The zero-order valence-corrected chi connectivity index (χ0v) is 18.1. The largest absolute Gasteiger partial charge is 0.372 e. The molecule has 3 atom stereocenters. The molecule has 0 radical (unpaired) electrons. The summed E-state index contributed by atoms with van der Waals surface area (Å²) in [7, 11) is -3.67. The lowest BCUT2D eigenvalue weighted by Gasteiger charge is -2.40. The summed E-state index contributed by atoms with van der Waals surface area (Å²) >= 11 is 0. The van der Waals surface area contributed by atoms with Crippen molar-refractivity contribution in [2.75, 3.05) is 26.2 Å². The molecule has 2 saturated heterocycles. The monoisotopic (exact) mass is 409 g/mol. The number of rotatable bonds is 3. The molecule has 0 unspecified atom stereocenters. The fourth-order valence-corrected chi connectivity index (χ4v) is 5.87. The molecule has 2 fully saturated rings. The minimum Gasteiger partial charge on any atom is -0.372 e. The van der Waals surface area contributed by atoms with Crippen molar-refractivity contribution in [3.05, 3.63) is 29.8 Å². The molecule has 0 aromatic heterocycles. The van der Waals surface area contributed by atoms with E-state index in [9.17, 15) is 13.2 Å². The van der Waals surface area contributed by atoms with E-state index in [1.807, 2.05) is 34.6 Å². The highest BCUT2D eigenvalue weighted by molar-refractivity contribution is 7.89. The standard InChI is InChI=1S/C20H31N3O4S/c1-14(2)19-22(20(24)21-12-16(4)27-17(5)13-21)10-11-23(19)28(25,26)18-8-6-15(3)7-9-18/h6-9,14,16-17,19H,10-13H2,1-5H3/t16-,17-,19-/m0/s1. The lowest BCUT2D eigenvalue weighted by molar-refractivity contribution is -0.0595. The van der Waals surface area contributed by atoms with E-state index >= 15 is 0 Å². The minimum atomic E-state index is -3.67. The average Bonchev–Trinajstić information content (AvgIpc) is 3.06. The fraction of sp³-hybridized carbons (Fsp3) is 0.650. The molecular weight excluding hydrogens is 378 g/mol. The summed E-state index contributed by atoms with van der Waals surface area (Å²) in [6.45, 7) is 11.5. The SMILES string of the molecule is Cc1ccc(S(=O)(=O)N2CCN(C(=O)N3C[C@H](C)O[C@@H](C)C3)[C@@H]2C(C)C)cc1. The van der Waals surface area contributed by atoms with Crippen molar-refractivity contribution >= 4 is 16.1 Å². The summed E-state index contributed by atoms with van der Waals surface area (Å²) in [5.74, 6) is -0.0254. The summed E-state index contributed by atoms with van der Waals surface area (Å²) in [6.07, 6.45) is -0.548. The highest BCUT2D eigenvalue weighted by Gasteiger charge is 2.45. The van der Waals surface area contributed by atoms with Crippen LogP contribution in [0, 0.1) is 12.8 Å². The first-order valence-electron chi connectivity index (χ1n) is 9.90. The number of sulfonamides is 1. The number of hydrogen-bond acceptors (Lipinski definition) is 4. The summed E-state index contributed by atoms with van der Waals surface area (Å²) in [5.41, 5.74) is 1.01. The number of morpholine rings is 1. The number of amides is 2. The Morgan fingerprint density at radius 1 is 1.07 bits per heavy atom. The van der Waals surface area contributed by atoms with Gasteiger partial charge in [-0.3, -0.25) is 0 Å². The summed E-state index contributed by atoms with van der Waals surface area (Å²) in [6, 6.07) is 6.76. The molecule has 1 aromatic rings. The van der Waals surface area contributed by atoms with Crippen LogP contribution in [-0.2, 0) is 14.8 Å². The van der Waals surface area contributed by atoms with Crippen LogP contribution in [0.25, 0.3) is 0 Å². The zero-order chi connectivity index (χ0) is 20.6. The van der Waals surface area contributed by atoms with Gasteiger partial charge < -0.3 is 14.5 Å². The van der Waals surface area contributed by atoms with Gasteiger partial charge in [0.05, 0.1) is 17.1 Å². The molecule has 156 valence electrons. The van der Waals surface area contributed by atoms with Gasteiger partial charge in [0.15, 0.2) is 0 Å². The average molecular weight is 410 g/mol. The smallest absolute Gasteiger partial charge is 0.321 e. The predicted octanol–water partition coefficient (Wildman–Crippen LogP) is 2.51. The molecule has 3 rings (SSSR count). The van der Waals surface area contributed by atoms with Gasteiger partial charge in [0.2, 0.25) is 10.0 Å². The van der Waals surface area contributed by atoms with E-state index in [0.29, 0.717) is 26.2 Å². The Labute approximate surface area is 168 Å². The number of nitrogens with zero attached hydrogens (tertiary/aromatic N) is 3. The molecular formula is C20H31N3O4S. The van der Waals surface area contributed by atoms with Gasteiger partial charge in [-0.2, -0.15) is 4.31 Å². The van der Waals surface area contributed by atoms with Gasteiger partial charge in [0, 0.05) is 26.2 Å². The van der Waals surface area contributed by atoms with Crippen molar-refractivity contribution < 1.29 is 17.9 Å². The van der Waals surface area contributed by atoms with E-state index in [1.54, 1.807) is 34.1 Å². The van der Waals surface area contributed by atoms with Gasteiger partial charge in [-0.15, -0.1) is 0 Å². The van der Waals surface area contributed by atoms with Gasteiger partial charge in [-0.25, -0.2) is 13.2 Å². The van der Waals surface area contributed by atoms with Crippen LogP contribution in [0.5, 0.6) is 0 Å². The van der Waals surface area contributed by atoms with Crippen LogP contribution in [-0.4, -0.2) is 73.1 Å². The number of benzene rings is 1. The van der Waals surface area contributed by atoms with E-state index in [2.05, 4.69) is 0 Å². The second kappa shape index (κ2) is 8.00. The first kappa shape index (κ1) is 21.1. The lowest BCUT2D eigenvalue weighted by Crippen LogP contribution is -2.56. The molecule has 7 nitrogen and oxygen atoms in total. The van der Waals surface area contributed by atoms with Crippen LogP contribution in [0.15, 0.2) is 29.2 Å². The van der Waals surface area contributed by atoms with Gasteiger partial charge >= 0.3 is 6.03 Å². The molecule has 0 spiro atoms. The Bertz CT molecular complexity index is 799. The molecule has 0 saturated carbocycles. The minimum absolute atomic E-state index is 0.0254. The molecule has 2 amide bonds. The lowest BCUT2D eigenvalue weighted by atomic mass is 10.1. The fourth-order valence-electron chi connectivity index (χ4n) is 4.15. The van der Waals surface area contributed by atoms with Crippen LogP contribution in [0.3, 0.4) is 0 Å². The number of ether oxygens (including phenoxy) is 1. The zero-order valence-electron chi connectivity index (χ0n) is 17.3. The number of hydrogen-bond donors (Lipinski definition) is 0. The van der Waals surface area contributed by atoms with Gasteiger partial charge in [-0.05, 0) is 38.8 Å². The molecule has 0 N–H and O–H groups in total. The highest BCUT2D eigenvalue weighted by atomic mass is 32.2. The van der Waals surface area contributed by atoms with Crippen LogP contribution in [0.4, 0.5) is 4.79 Å².